The normalized spacial score (nSPS) is 21.5. The van der Waals surface area contributed by atoms with E-state index < -0.39 is 0 Å². The monoisotopic (exact) mass is 370 g/mol. The van der Waals surface area contributed by atoms with Crippen molar-refractivity contribution in [2.75, 3.05) is 26.3 Å². The van der Waals surface area contributed by atoms with Crippen molar-refractivity contribution in [1.82, 2.24) is 19.7 Å². The second-order valence-electron chi connectivity index (χ2n) is 7.40. The molecule has 0 aliphatic carbocycles. The number of aromatic nitrogens is 3. The lowest BCUT2D eigenvalue weighted by Gasteiger charge is -2.42. The molecule has 7 heteroatoms. The van der Waals surface area contributed by atoms with Crippen LogP contribution in [0.15, 0.2) is 36.8 Å². The van der Waals surface area contributed by atoms with E-state index in [0.29, 0.717) is 24.0 Å². The minimum absolute atomic E-state index is 0.0611. The molecule has 2 aromatic rings. The van der Waals surface area contributed by atoms with Crippen molar-refractivity contribution in [2.24, 2.45) is 13.0 Å². The summed E-state index contributed by atoms with van der Waals surface area (Å²) in [6.07, 6.45) is 8.92. The van der Waals surface area contributed by atoms with Crippen LogP contribution in [0, 0.1) is 5.92 Å². The molecule has 144 valence electrons. The maximum Gasteiger partial charge on any atom is 0.257 e. The summed E-state index contributed by atoms with van der Waals surface area (Å²) >= 11 is 0. The van der Waals surface area contributed by atoms with Crippen LogP contribution in [0.5, 0.6) is 5.88 Å². The number of piperidine rings is 1. The third kappa shape index (κ3) is 3.83. The summed E-state index contributed by atoms with van der Waals surface area (Å²) in [5, 5.41) is 4.10. The van der Waals surface area contributed by atoms with Crippen LogP contribution in [0.1, 0.15) is 36.0 Å². The van der Waals surface area contributed by atoms with Gasteiger partial charge in [0, 0.05) is 45.2 Å². The Bertz CT molecular complexity index is 769. The molecule has 2 aromatic heterocycles. The molecule has 1 amide bonds. The molecule has 2 saturated heterocycles. The highest BCUT2D eigenvalue weighted by molar-refractivity contribution is 5.93. The smallest absolute Gasteiger partial charge is 0.257 e. The van der Waals surface area contributed by atoms with Crippen LogP contribution >= 0.6 is 0 Å². The molecule has 0 saturated carbocycles. The largest absolute Gasteiger partial charge is 0.478 e. The predicted octanol–water partition coefficient (Wildman–Crippen LogP) is 2.30. The Morgan fingerprint density at radius 1 is 1.37 bits per heavy atom. The molecule has 0 radical (unpaired) electrons. The zero-order chi connectivity index (χ0) is 18.7. The summed E-state index contributed by atoms with van der Waals surface area (Å²) in [4.78, 5) is 18.8. The molecule has 27 heavy (non-hydrogen) atoms. The first-order valence-corrected chi connectivity index (χ1v) is 9.62. The molecule has 4 rings (SSSR count). The van der Waals surface area contributed by atoms with Gasteiger partial charge in [-0.1, -0.05) is 6.07 Å². The number of ether oxygens (including phenoxy) is 2. The average molecular weight is 370 g/mol. The van der Waals surface area contributed by atoms with Gasteiger partial charge in [0.25, 0.3) is 5.91 Å². The van der Waals surface area contributed by atoms with Crippen molar-refractivity contribution in [3.63, 3.8) is 0 Å². The Balaban J connectivity index is 1.31. The first-order chi connectivity index (χ1) is 13.2. The van der Waals surface area contributed by atoms with E-state index in [1.807, 2.05) is 30.1 Å². The van der Waals surface area contributed by atoms with Crippen molar-refractivity contribution in [3.8, 4) is 5.88 Å². The Labute approximate surface area is 159 Å². The molecule has 2 aliphatic heterocycles. The number of carbonyl (C=O) groups is 1. The van der Waals surface area contributed by atoms with Gasteiger partial charge in [-0.25, -0.2) is 4.98 Å². The fraction of sp³-hybridized carbons (Fsp3) is 0.550. The molecule has 7 nitrogen and oxygen atoms in total. The Morgan fingerprint density at radius 3 is 2.93 bits per heavy atom. The molecule has 1 atom stereocenters. The quantitative estimate of drug-likeness (QED) is 0.808. The zero-order valence-electron chi connectivity index (χ0n) is 15.7. The Hall–Kier alpha value is -2.41. The third-order valence-electron chi connectivity index (χ3n) is 5.80. The van der Waals surface area contributed by atoms with Gasteiger partial charge in [0.2, 0.25) is 5.88 Å². The molecule has 1 spiro atoms. The number of rotatable bonds is 5. The lowest BCUT2D eigenvalue weighted by Crippen LogP contribution is -2.49. The Kier molecular flexibility index (Phi) is 5.11. The lowest BCUT2D eigenvalue weighted by atomic mass is 9.78. The second kappa shape index (κ2) is 7.68. The predicted molar refractivity (Wildman–Crippen MR) is 99.5 cm³/mol. The van der Waals surface area contributed by atoms with E-state index in [4.69, 9.17) is 9.47 Å². The molecule has 2 aliphatic rings. The van der Waals surface area contributed by atoms with Crippen LogP contribution in [0.25, 0.3) is 0 Å². The maximum absolute atomic E-state index is 12.6. The first-order valence-electron chi connectivity index (χ1n) is 9.62. The SMILES string of the molecule is Cn1cc(C(=O)N2CCC3(CC2)OCC[C@@H]3CCOc2ccccn2)cn1. The molecule has 0 unspecified atom stereocenters. The van der Waals surface area contributed by atoms with Gasteiger partial charge in [-0.05, 0) is 37.7 Å². The number of likely N-dealkylation sites (tertiary alicyclic amines) is 1. The number of hydrogen-bond donors (Lipinski definition) is 0. The van der Waals surface area contributed by atoms with Crippen molar-refractivity contribution in [2.45, 2.75) is 31.3 Å². The summed E-state index contributed by atoms with van der Waals surface area (Å²) in [6.45, 7) is 2.90. The topological polar surface area (TPSA) is 69.5 Å². The van der Waals surface area contributed by atoms with Gasteiger partial charge in [-0.15, -0.1) is 0 Å². The van der Waals surface area contributed by atoms with E-state index in [9.17, 15) is 4.79 Å². The molecule has 0 N–H and O–H groups in total. The number of amides is 1. The maximum atomic E-state index is 12.6. The van der Waals surface area contributed by atoms with E-state index in [1.54, 1.807) is 23.3 Å². The van der Waals surface area contributed by atoms with Gasteiger partial charge < -0.3 is 14.4 Å². The van der Waals surface area contributed by atoms with E-state index in [1.165, 1.54) is 0 Å². The van der Waals surface area contributed by atoms with E-state index in [-0.39, 0.29) is 11.5 Å². The summed E-state index contributed by atoms with van der Waals surface area (Å²) in [5.41, 5.74) is 0.542. The standard InChI is InChI=1S/C20H26N4O3/c1-23-15-16(14-22-23)19(25)24-10-7-20(8-11-24)17(6-13-27-20)5-12-26-18-4-2-3-9-21-18/h2-4,9,14-15,17H,5-8,10-13H2,1H3/t17-/m0/s1. The van der Waals surface area contributed by atoms with E-state index >= 15 is 0 Å². The summed E-state index contributed by atoms with van der Waals surface area (Å²) in [7, 11) is 1.83. The fourth-order valence-corrected chi connectivity index (χ4v) is 4.29. The molecule has 2 fully saturated rings. The Morgan fingerprint density at radius 2 is 2.22 bits per heavy atom. The highest BCUT2D eigenvalue weighted by Gasteiger charge is 2.46. The molecule has 0 aromatic carbocycles. The van der Waals surface area contributed by atoms with Crippen molar-refractivity contribution >= 4 is 5.91 Å². The van der Waals surface area contributed by atoms with Crippen LogP contribution in [0.2, 0.25) is 0 Å². The summed E-state index contributed by atoms with van der Waals surface area (Å²) < 4.78 is 13.7. The average Bonchev–Trinajstić information content (AvgIpc) is 3.30. The fourth-order valence-electron chi connectivity index (χ4n) is 4.29. The highest BCUT2D eigenvalue weighted by Crippen LogP contribution is 2.42. The van der Waals surface area contributed by atoms with Gasteiger partial charge in [0.1, 0.15) is 0 Å². The zero-order valence-corrected chi connectivity index (χ0v) is 15.7. The van der Waals surface area contributed by atoms with E-state index in [0.717, 1.165) is 45.4 Å². The third-order valence-corrected chi connectivity index (χ3v) is 5.80. The van der Waals surface area contributed by atoms with Crippen LogP contribution in [-0.2, 0) is 11.8 Å². The number of pyridine rings is 1. The number of carbonyl (C=O) groups excluding carboxylic acids is 1. The van der Waals surface area contributed by atoms with Gasteiger partial charge in [-0.3, -0.25) is 9.48 Å². The minimum Gasteiger partial charge on any atom is -0.478 e. The minimum atomic E-state index is -0.112. The summed E-state index contributed by atoms with van der Waals surface area (Å²) in [6, 6.07) is 5.69. The number of hydrogen-bond acceptors (Lipinski definition) is 5. The van der Waals surface area contributed by atoms with Crippen molar-refractivity contribution in [3.05, 3.63) is 42.4 Å². The van der Waals surface area contributed by atoms with Crippen LogP contribution in [0.4, 0.5) is 0 Å². The lowest BCUT2D eigenvalue weighted by molar-refractivity contribution is -0.0649. The van der Waals surface area contributed by atoms with E-state index in [2.05, 4.69) is 10.1 Å². The van der Waals surface area contributed by atoms with Crippen molar-refractivity contribution < 1.29 is 14.3 Å². The molecule has 0 bridgehead atoms. The second-order valence-corrected chi connectivity index (χ2v) is 7.40. The number of nitrogens with zero attached hydrogens (tertiary/aromatic N) is 4. The van der Waals surface area contributed by atoms with Gasteiger partial charge in [0.05, 0.1) is 24.0 Å². The van der Waals surface area contributed by atoms with Crippen LogP contribution < -0.4 is 4.74 Å². The molecular formula is C20H26N4O3. The molecular weight excluding hydrogens is 344 g/mol. The van der Waals surface area contributed by atoms with Crippen LogP contribution in [0.3, 0.4) is 0 Å². The van der Waals surface area contributed by atoms with Gasteiger partial charge >= 0.3 is 0 Å². The number of aryl methyl sites for hydroxylation is 1. The highest BCUT2D eigenvalue weighted by atomic mass is 16.5. The molecule has 4 heterocycles. The van der Waals surface area contributed by atoms with Crippen LogP contribution in [-0.4, -0.2) is 57.5 Å². The van der Waals surface area contributed by atoms with Crippen molar-refractivity contribution in [1.29, 1.82) is 0 Å². The van der Waals surface area contributed by atoms with Gasteiger partial charge in [0.15, 0.2) is 0 Å². The first kappa shape index (κ1) is 18.0. The van der Waals surface area contributed by atoms with Gasteiger partial charge in [-0.2, -0.15) is 5.10 Å². The summed E-state index contributed by atoms with van der Waals surface area (Å²) in [5.74, 6) is 1.20.